The topological polar surface area (TPSA) is 50.7 Å². The Kier molecular flexibility index (Phi) is 4.51. The molecule has 4 saturated carbocycles. The van der Waals surface area contributed by atoms with Crippen molar-refractivity contribution in [1.29, 1.82) is 0 Å². The minimum Gasteiger partial charge on any atom is -0.318 e. The molecule has 0 bridgehead atoms. The maximum atomic E-state index is 11.3. The molecule has 0 saturated heterocycles. The predicted octanol–water partition coefficient (Wildman–Crippen LogP) is 5.87. The molecular formula is C27H42N2O2. The van der Waals surface area contributed by atoms with Crippen LogP contribution in [0, 0.1) is 38.9 Å². The van der Waals surface area contributed by atoms with Crippen LogP contribution in [0.15, 0.2) is 16.8 Å². The Morgan fingerprint density at radius 2 is 1.71 bits per heavy atom. The third-order valence-electron chi connectivity index (χ3n) is 11.7. The number of nitrogens with one attached hydrogen (secondary N) is 1. The first kappa shape index (κ1) is 21.7. The number of rotatable bonds is 3. The zero-order valence-corrected chi connectivity index (χ0v) is 20.7. The Bertz CT molecular complexity index is 874. The number of oxime groups is 1. The van der Waals surface area contributed by atoms with Crippen LogP contribution in [0.4, 0.5) is 0 Å². The minimum absolute atomic E-state index is 0.130. The number of carbonyl (C=O) groups is 1. The lowest BCUT2D eigenvalue weighted by Gasteiger charge is -2.63. The normalized spacial score (nSPS) is 49.8. The van der Waals surface area contributed by atoms with E-state index in [0.29, 0.717) is 22.3 Å². The van der Waals surface area contributed by atoms with Gasteiger partial charge in [-0.2, -0.15) is 0 Å². The fourth-order valence-corrected chi connectivity index (χ4v) is 10.1. The largest absolute Gasteiger partial charge is 0.331 e. The Morgan fingerprint density at radius 3 is 2.39 bits per heavy atom. The Balaban J connectivity index is 1.47. The number of allylic oxidation sites excluding steroid dienone is 2. The average Bonchev–Trinajstić information content (AvgIpc) is 3.28. The molecule has 5 aliphatic rings. The summed E-state index contributed by atoms with van der Waals surface area (Å²) in [6, 6.07) is 0.654. The number of fused-ring (bicyclic) bond motifs is 2. The van der Waals surface area contributed by atoms with Gasteiger partial charge in [0, 0.05) is 18.4 Å². The molecule has 5 aliphatic carbocycles. The Hall–Kier alpha value is -1.16. The second-order valence-electron chi connectivity index (χ2n) is 12.7. The van der Waals surface area contributed by atoms with E-state index >= 15 is 0 Å². The zero-order chi connectivity index (χ0) is 22.4. The molecule has 0 heterocycles. The van der Waals surface area contributed by atoms with E-state index in [-0.39, 0.29) is 16.8 Å². The SMILES string of the molecule is CN[C@H]1CC[C@]23C[C@]24CC[C@]2(C)C(/C(C)=N\OC(C)=O)=CC[C@@]2(C)[C@@H]4CC[C@H]3C1(C)C. The van der Waals surface area contributed by atoms with Crippen molar-refractivity contribution >= 4 is 11.7 Å². The van der Waals surface area contributed by atoms with Crippen molar-refractivity contribution in [2.75, 3.05) is 7.05 Å². The number of hydrogen-bond acceptors (Lipinski definition) is 4. The van der Waals surface area contributed by atoms with Crippen LogP contribution in [0.2, 0.25) is 0 Å². The van der Waals surface area contributed by atoms with Crippen molar-refractivity contribution in [3.63, 3.8) is 0 Å². The molecule has 0 aliphatic heterocycles. The summed E-state index contributed by atoms with van der Waals surface area (Å²) in [6.45, 7) is 13.6. The summed E-state index contributed by atoms with van der Waals surface area (Å²) in [6.07, 6.45) is 13.2. The van der Waals surface area contributed by atoms with Gasteiger partial charge < -0.3 is 10.2 Å². The molecule has 4 fully saturated rings. The van der Waals surface area contributed by atoms with Crippen LogP contribution in [0.1, 0.15) is 92.9 Å². The standard InChI is InChI=1S/C27H42N2O2/c1-17(29-31-18(2)30)19-10-12-25(6)21-9-8-20-23(3,4)22(28-7)11-13-26(20)16-27(21,26)15-14-24(19,25)5/h10,20-22,28H,8-9,11-16H2,1-7H3/b29-17-/t20-,21-,22-,24+,25-,26+,27-/m0/s1. The molecule has 172 valence electrons. The second-order valence-corrected chi connectivity index (χ2v) is 12.7. The fourth-order valence-electron chi connectivity index (χ4n) is 10.1. The molecular weight excluding hydrogens is 384 g/mol. The molecule has 5 rings (SSSR count). The first-order valence-corrected chi connectivity index (χ1v) is 12.6. The quantitative estimate of drug-likeness (QED) is 0.349. The van der Waals surface area contributed by atoms with E-state index in [9.17, 15) is 4.79 Å². The summed E-state index contributed by atoms with van der Waals surface area (Å²) < 4.78 is 0. The maximum absolute atomic E-state index is 11.3. The fraction of sp³-hybridized carbons (Fsp3) is 0.852. The molecule has 0 radical (unpaired) electrons. The van der Waals surface area contributed by atoms with Crippen LogP contribution in [0.3, 0.4) is 0 Å². The number of nitrogens with zero attached hydrogens (tertiary/aromatic N) is 1. The van der Waals surface area contributed by atoms with Gasteiger partial charge in [-0.15, -0.1) is 0 Å². The van der Waals surface area contributed by atoms with Crippen molar-refractivity contribution in [3.05, 3.63) is 11.6 Å². The highest BCUT2D eigenvalue weighted by Gasteiger charge is 2.81. The number of carbonyl (C=O) groups excluding carboxylic acids is 1. The summed E-state index contributed by atoms with van der Waals surface area (Å²) in [4.78, 5) is 16.3. The van der Waals surface area contributed by atoms with Gasteiger partial charge in [-0.05, 0) is 104 Å². The van der Waals surface area contributed by atoms with Crippen molar-refractivity contribution in [1.82, 2.24) is 5.32 Å². The van der Waals surface area contributed by atoms with Gasteiger partial charge in [0.05, 0.1) is 5.71 Å². The van der Waals surface area contributed by atoms with Gasteiger partial charge in [0.15, 0.2) is 0 Å². The summed E-state index contributed by atoms with van der Waals surface area (Å²) >= 11 is 0. The van der Waals surface area contributed by atoms with E-state index in [0.717, 1.165) is 24.0 Å². The first-order valence-electron chi connectivity index (χ1n) is 12.6. The van der Waals surface area contributed by atoms with Crippen LogP contribution in [-0.4, -0.2) is 24.8 Å². The molecule has 1 N–H and O–H groups in total. The minimum atomic E-state index is -0.341. The predicted molar refractivity (Wildman–Crippen MR) is 125 cm³/mol. The smallest absolute Gasteiger partial charge is 0.318 e. The highest BCUT2D eigenvalue weighted by molar-refractivity contribution is 6.00. The van der Waals surface area contributed by atoms with E-state index in [1.807, 2.05) is 6.92 Å². The van der Waals surface area contributed by atoms with Gasteiger partial charge in [0.2, 0.25) is 0 Å². The molecule has 31 heavy (non-hydrogen) atoms. The van der Waals surface area contributed by atoms with Crippen molar-refractivity contribution < 1.29 is 9.63 Å². The van der Waals surface area contributed by atoms with E-state index in [4.69, 9.17) is 4.84 Å². The molecule has 0 aromatic heterocycles. The summed E-state index contributed by atoms with van der Waals surface area (Å²) in [5.74, 6) is 1.32. The molecule has 7 atom stereocenters. The highest BCUT2D eigenvalue weighted by Crippen LogP contribution is 2.88. The second kappa shape index (κ2) is 6.46. The lowest BCUT2D eigenvalue weighted by Crippen LogP contribution is -2.59. The molecule has 0 aromatic carbocycles. The average molecular weight is 427 g/mol. The zero-order valence-electron chi connectivity index (χ0n) is 20.7. The first-order chi connectivity index (χ1) is 14.5. The van der Waals surface area contributed by atoms with Crippen LogP contribution >= 0.6 is 0 Å². The third-order valence-corrected chi connectivity index (χ3v) is 11.7. The molecule has 0 aromatic rings. The van der Waals surface area contributed by atoms with Crippen molar-refractivity contribution in [2.45, 2.75) is 99.0 Å². The van der Waals surface area contributed by atoms with Gasteiger partial charge in [-0.25, -0.2) is 4.79 Å². The molecule has 2 spiro atoms. The van der Waals surface area contributed by atoms with E-state index < -0.39 is 0 Å². The van der Waals surface area contributed by atoms with E-state index in [1.54, 1.807) is 0 Å². The highest BCUT2D eigenvalue weighted by atomic mass is 16.7. The van der Waals surface area contributed by atoms with Crippen LogP contribution in [0.5, 0.6) is 0 Å². The van der Waals surface area contributed by atoms with Crippen LogP contribution in [0.25, 0.3) is 0 Å². The lowest BCUT2D eigenvalue weighted by molar-refractivity contribution is -0.141. The maximum Gasteiger partial charge on any atom is 0.331 e. The Morgan fingerprint density at radius 1 is 1.03 bits per heavy atom. The van der Waals surface area contributed by atoms with Crippen LogP contribution < -0.4 is 5.32 Å². The van der Waals surface area contributed by atoms with E-state index in [2.05, 4.69) is 51.3 Å². The van der Waals surface area contributed by atoms with Crippen molar-refractivity contribution in [2.24, 2.45) is 44.1 Å². The van der Waals surface area contributed by atoms with Gasteiger partial charge in [-0.1, -0.05) is 38.9 Å². The van der Waals surface area contributed by atoms with Gasteiger partial charge >= 0.3 is 5.97 Å². The lowest BCUT2D eigenvalue weighted by atomic mass is 9.42. The third kappa shape index (κ3) is 2.46. The monoisotopic (exact) mass is 426 g/mol. The molecule has 0 unspecified atom stereocenters. The van der Waals surface area contributed by atoms with Gasteiger partial charge in [-0.3, -0.25) is 0 Å². The van der Waals surface area contributed by atoms with Gasteiger partial charge in [0.1, 0.15) is 0 Å². The summed E-state index contributed by atoms with van der Waals surface area (Å²) in [5.41, 5.74) is 4.17. The molecule has 4 heteroatoms. The summed E-state index contributed by atoms with van der Waals surface area (Å²) in [7, 11) is 2.16. The molecule has 4 nitrogen and oxygen atoms in total. The summed E-state index contributed by atoms with van der Waals surface area (Å²) in [5, 5.41) is 7.86. The molecule has 0 amide bonds. The number of hydrogen-bond donors (Lipinski definition) is 1. The Labute approximate surface area is 188 Å². The van der Waals surface area contributed by atoms with Gasteiger partial charge in [0.25, 0.3) is 0 Å². The van der Waals surface area contributed by atoms with E-state index in [1.165, 1.54) is 57.4 Å². The van der Waals surface area contributed by atoms with Crippen molar-refractivity contribution in [3.8, 4) is 0 Å². The van der Waals surface area contributed by atoms with Crippen LogP contribution in [-0.2, 0) is 9.63 Å².